The molecule has 1 fully saturated rings. The van der Waals surface area contributed by atoms with E-state index in [1.54, 1.807) is 0 Å². The topological polar surface area (TPSA) is 59.0 Å². The third-order valence-electron chi connectivity index (χ3n) is 4.62. The Labute approximate surface area is 146 Å². The maximum atomic E-state index is 12.4. The van der Waals surface area contributed by atoms with E-state index in [0.29, 0.717) is 12.3 Å². The molecular weight excluding hydrogens is 300 g/mol. The molecule has 1 saturated heterocycles. The second-order valence-corrected chi connectivity index (χ2v) is 9.03. The zero-order chi connectivity index (χ0) is 18.0. The predicted molar refractivity (Wildman–Crippen MR) is 99.4 cm³/mol. The number of aromatic nitrogens is 2. The number of rotatable bonds is 4. The molecule has 1 aromatic rings. The molecule has 1 amide bonds. The summed E-state index contributed by atoms with van der Waals surface area (Å²) < 4.78 is 1.94. The molecule has 5 heteroatoms. The number of nitrogens with one attached hydrogen (secondary N) is 2. The number of nitrogens with zero attached hydrogens (tertiary/aromatic N) is 2. The van der Waals surface area contributed by atoms with Gasteiger partial charge in [-0.15, -0.1) is 0 Å². The van der Waals surface area contributed by atoms with Crippen LogP contribution in [0, 0.1) is 5.92 Å². The monoisotopic (exact) mass is 334 g/mol. The Kier molecular flexibility index (Phi) is 5.74. The van der Waals surface area contributed by atoms with Crippen molar-refractivity contribution in [2.24, 2.45) is 5.92 Å². The Balaban J connectivity index is 2.04. The third kappa shape index (κ3) is 5.07. The molecule has 2 rings (SSSR count). The van der Waals surface area contributed by atoms with Gasteiger partial charge >= 0.3 is 0 Å². The smallest absolute Gasteiger partial charge is 0.225 e. The van der Waals surface area contributed by atoms with Crippen molar-refractivity contribution in [1.29, 1.82) is 0 Å². The van der Waals surface area contributed by atoms with Gasteiger partial charge in [0.2, 0.25) is 5.91 Å². The quantitative estimate of drug-likeness (QED) is 0.883. The van der Waals surface area contributed by atoms with Gasteiger partial charge in [-0.1, -0.05) is 20.8 Å². The number of carbonyl (C=O) groups is 1. The molecule has 1 aromatic heterocycles. The summed E-state index contributed by atoms with van der Waals surface area (Å²) in [6, 6.07) is 2.02. The molecule has 2 heterocycles. The van der Waals surface area contributed by atoms with E-state index in [1.807, 2.05) is 10.7 Å². The highest BCUT2D eigenvalue weighted by atomic mass is 16.1. The van der Waals surface area contributed by atoms with E-state index in [2.05, 4.69) is 52.2 Å². The van der Waals surface area contributed by atoms with Gasteiger partial charge in [-0.3, -0.25) is 4.79 Å². The van der Waals surface area contributed by atoms with Crippen molar-refractivity contribution in [2.75, 3.05) is 18.4 Å². The lowest BCUT2D eigenvalue weighted by molar-refractivity contribution is -0.116. The molecule has 0 bridgehead atoms. The molecule has 0 aliphatic carbocycles. The molecule has 5 nitrogen and oxygen atoms in total. The maximum absolute atomic E-state index is 12.4. The molecule has 0 saturated carbocycles. The number of piperidine rings is 1. The van der Waals surface area contributed by atoms with Crippen molar-refractivity contribution in [2.45, 2.75) is 78.2 Å². The summed E-state index contributed by atoms with van der Waals surface area (Å²) >= 11 is 0. The van der Waals surface area contributed by atoms with Crippen LogP contribution in [0.5, 0.6) is 0 Å². The van der Waals surface area contributed by atoms with Crippen LogP contribution in [0.2, 0.25) is 0 Å². The van der Waals surface area contributed by atoms with E-state index in [-0.39, 0.29) is 16.9 Å². The van der Waals surface area contributed by atoms with Crippen LogP contribution in [0.3, 0.4) is 0 Å². The number of anilines is 1. The summed E-state index contributed by atoms with van der Waals surface area (Å²) in [7, 11) is 0. The van der Waals surface area contributed by atoms with Gasteiger partial charge in [-0.25, -0.2) is 4.68 Å². The highest BCUT2D eigenvalue weighted by Gasteiger charge is 2.26. The number of amides is 1. The van der Waals surface area contributed by atoms with Crippen LogP contribution < -0.4 is 10.6 Å². The van der Waals surface area contributed by atoms with Crippen molar-refractivity contribution < 1.29 is 4.79 Å². The average molecular weight is 335 g/mol. The summed E-state index contributed by atoms with van der Waals surface area (Å²) in [6.45, 7) is 14.9. The molecule has 136 valence electrons. The Morgan fingerprint density at radius 2 is 1.88 bits per heavy atom. The molecule has 2 N–H and O–H groups in total. The van der Waals surface area contributed by atoms with Gasteiger partial charge in [0.15, 0.2) is 0 Å². The maximum Gasteiger partial charge on any atom is 0.225 e. The highest BCUT2D eigenvalue weighted by Crippen LogP contribution is 2.28. The minimum absolute atomic E-state index is 0.0366. The van der Waals surface area contributed by atoms with Crippen molar-refractivity contribution >= 4 is 11.7 Å². The van der Waals surface area contributed by atoms with Gasteiger partial charge in [-0.05, 0) is 59.0 Å². The van der Waals surface area contributed by atoms with Gasteiger partial charge in [-0.2, -0.15) is 5.10 Å². The minimum Gasteiger partial charge on any atom is -0.317 e. The van der Waals surface area contributed by atoms with Crippen molar-refractivity contribution in [3.63, 3.8) is 0 Å². The Bertz CT molecular complexity index is 557. The van der Waals surface area contributed by atoms with Gasteiger partial charge in [0.05, 0.1) is 11.2 Å². The zero-order valence-corrected chi connectivity index (χ0v) is 16.2. The number of hydrogen-bond acceptors (Lipinski definition) is 3. The summed E-state index contributed by atoms with van der Waals surface area (Å²) in [5, 5.41) is 11.2. The fourth-order valence-electron chi connectivity index (χ4n) is 3.06. The van der Waals surface area contributed by atoms with Crippen LogP contribution >= 0.6 is 0 Å². The lowest BCUT2D eigenvalue weighted by atomic mass is 9.92. The lowest BCUT2D eigenvalue weighted by Crippen LogP contribution is -2.29. The van der Waals surface area contributed by atoms with Crippen LogP contribution in [-0.4, -0.2) is 28.8 Å². The summed E-state index contributed by atoms with van der Waals surface area (Å²) in [4.78, 5) is 12.4. The van der Waals surface area contributed by atoms with Crippen LogP contribution in [-0.2, 0) is 15.7 Å². The van der Waals surface area contributed by atoms with Gasteiger partial charge in [0.1, 0.15) is 5.82 Å². The third-order valence-corrected chi connectivity index (χ3v) is 4.62. The van der Waals surface area contributed by atoms with Crippen LogP contribution in [0.25, 0.3) is 0 Å². The highest BCUT2D eigenvalue weighted by molar-refractivity contribution is 5.90. The molecule has 0 radical (unpaired) electrons. The molecular formula is C19H34N4O. The van der Waals surface area contributed by atoms with Gasteiger partial charge < -0.3 is 10.6 Å². The van der Waals surface area contributed by atoms with E-state index < -0.39 is 0 Å². The average Bonchev–Trinajstić information content (AvgIpc) is 2.90. The largest absolute Gasteiger partial charge is 0.317 e. The Hall–Kier alpha value is -1.36. The summed E-state index contributed by atoms with van der Waals surface area (Å²) in [6.07, 6.45) is 3.93. The fourth-order valence-corrected chi connectivity index (χ4v) is 3.06. The first kappa shape index (κ1) is 19.0. The first-order chi connectivity index (χ1) is 11.1. The summed E-state index contributed by atoms with van der Waals surface area (Å²) in [5.41, 5.74) is 0.803. The van der Waals surface area contributed by atoms with Gasteiger partial charge in [0.25, 0.3) is 0 Å². The second kappa shape index (κ2) is 7.26. The zero-order valence-electron chi connectivity index (χ0n) is 16.2. The van der Waals surface area contributed by atoms with E-state index in [4.69, 9.17) is 5.10 Å². The van der Waals surface area contributed by atoms with Gasteiger partial charge in [0, 0.05) is 17.9 Å². The standard InChI is InChI=1S/C19H34N4O/c1-18(2,3)15-13-16(23(22-15)19(4,5)6)21-17(24)8-7-14-9-11-20-12-10-14/h13-14,20H,7-12H2,1-6H3,(H,21,24). The normalized spacial score (nSPS) is 17.1. The molecule has 0 unspecified atom stereocenters. The number of carbonyl (C=O) groups excluding carboxylic acids is 1. The van der Waals surface area contributed by atoms with E-state index >= 15 is 0 Å². The molecule has 24 heavy (non-hydrogen) atoms. The van der Waals surface area contributed by atoms with Crippen molar-refractivity contribution in [3.8, 4) is 0 Å². The van der Waals surface area contributed by atoms with Crippen molar-refractivity contribution in [1.82, 2.24) is 15.1 Å². The van der Waals surface area contributed by atoms with E-state index in [0.717, 1.165) is 31.0 Å². The molecule has 0 spiro atoms. The second-order valence-electron chi connectivity index (χ2n) is 9.03. The van der Waals surface area contributed by atoms with Crippen molar-refractivity contribution in [3.05, 3.63) is 11.8 Å². The molecule has 1 aliphatic heterocycles. The van der Waals surface area contributed by atoms with Crippen LogP contribution in [0.15, 0.2) is 6.07 Å². The van der Waals surface area contributed by atoms with Crippen LogP contribution in [0.1, 0.15) is 72.9 Å². The van der Waals surface area contributed by atoms with Crippen LogP contribution in [0.4, 0.5) is 5.82 Å². The Morgan fingerprint density at radius 3 is 2.42 bits per heavy atom. The minimum atomic E-state index is -0.166. The van der Waals surface area contributed by atoms with E-state index in [9.17, 15) is 4.79 Å². The fraction of sp³-hybridized carbons (Fsp3) is 0.789. The SMILES string of the molecule is CC(C)(C)c1cc(NC(=O)CCC2CCNCC2)n(C(C)(C)C)n1. The predicted octanol–water partition coefficient (Wildman–Crippen LogP) is 3.65. The molecule has 0 aromatic carbocycles. The molecule has 0 atom stereocenters. The first-order valence-corrected chi connectivity index (χ1v) is 9.19. The Morgan fingerprint density at radius 1 is 1.25 bits per heavy atom. The summed E-state index contributed by atoms with van der Waals surface area (Å²) in [5.74, 6) is 1.58. The molecule has 1 aliphatic rings. The lowest BCUT2D eigenvalue weighted by Gasteiger charge is -2.24. The number of hydrogen-bond donors (Lipinski definition) is 2. The van der Waals surface area contributed by atoms with E-state index in [1.165, 1.54) is 12.8 Å². The first-order valence-electron chi connectivity index (χ1n) is 9.19.